The number of rotatable bonds is 3. The Morgan fingerprint density at radius 3 is 1.93 bits per heavy atom. The highest BCUT2D eigenvalue weighted by Crippen LogP contribution is 2.33. The number of halogens is 2. The summed E-state index contributed by atoms with van der Waals surface area (Å²) in [5.41, 5.74) is 6.16. The molecule has 0 spiro atoms. The summed E-state index contributed by atoms with van der Waals surface area (Å²) < 4.78 is 0. The molecule has 0 aromatic rings. The lowest BCUT2D eigenvalue weighted by Crippen LogP contribution is -2.49. The van der Waals surface area contributed by atoms with E-state index in [4.69, 9.17) is 5.73 Å². The maximum absolute atomic E-state index is 5.80. The molecule has 1 aliphatic carbocycles. The van der Waals surface area contributed by atoms with E-state index in [-0.39, 0.29) is 30.3 Å². The van der Waals surface area contributed by atoms with Crippen LogP contribution in [0.2, 0.25) is 0 Å². The molecule has 0 aromatic carbocycles. The number of nitrogens with zero attached hydrogens (tertiary/aromatic N) is 1. The van der Waals surface area contributed by atoms with Crippen LogP contribution in [0.15, 0.2) is 0 Å². The average Bonchev–Trinajstić information content (AvgIpc) is 2.52. The second kappa shape index (κ2) is 8.74. The number of hydrogen-bond acceptors (Lipinski definition) is 2. The first-order valence-electron chi connectivity index (χ1n) is 4.66. The summed E-state index contributed by atoms with van der Waals surface area (Å²) in [6.45, 7) is 4.16. The quantitative estimate of drug-likeness (QED) is 0.815. The fourth-order valence-electron chi connectivity index (χ4n) is 2.11. The highest BCUT2D eigenvalue weighted by molar-refractivity contribution is 5.85. The van der Waals surface area contributed by atoms with Gasteiger partial charge in [-0.1, -0.05) is 19.8 Å². The average molecular weight is 247 g/mol. The van der Waals surface area contributed by atoms with Crippen LogP contribution in [0.25, 0.3) is 0 Å². The second-order valence-electron chi connectivity index (χ2n) is 3.65. The molecule has 0 saturated heterocycles. The van der Waals surface area contributed by atoms with E-state index in [1.165, 1.54) is 25.7 Å². The molecule has 1 aliphatic rings. The van der Waals surface area contributed by atoms with Gasteiger partial charge in [-0.15, -0.1) is 24.8 Å². The standard InChI is InChI=1S/C9H20N2.2ClH.H2O/c1-3-11(2)9(8-10)6-4-5-7-9;;;/h3-8,10H2,1-2H3;2*1H;1H2. The summed E-state index contributed by atoms with van der Waals surface area (Å²) in [7, 11) is 2.19. The summed E-state index contributed by atoms with van der Waals surface area (Å²) in [5.74, 6) is 0. The van der Waals surface area contributed by atoms with Gasteiger partial charge in [0.05, 0.1) is 0 Å². The minimum atomic E-state index is 0. The molecule has 1 fully saturated rings. The fraction of sp³-hybridized carbons (Fsp3) is 1.00. The minimum absolute atomic E-state index is 0. The Bertz CT molecular complexity index is 130. The maximum atomic E-state index is 5.80. The molecule has 5 heteroatoms. The third kappa shape index (κ3) is 3.91. The van der Waals surface area contributed by atoms with Crippen LogP contribution in [0.1, 0.15) is 32.6 Å². The van der Waals surface area contributed by atoms with E-state index >= 15 is 0 Å². The van der Waals surface area contributed by atoms with E-state index in [0.29, 0.717) is 5.54 Å². The number of nitrogens with two attached hydrogens (primary N) is 1. The minimum Gasteiger partial charge on any atom is -0.412 e. The molecular weight excluding hydrogens is 223 g/mol. The van der Waals surface area contributed by atoms with Gasteiger partial charge in [-0.25, -0.2) is 0 Å². The summed E-state index contributed by atoms with van der Waals surface area (Å²) in [4.78, 5) is 2.42. The molecule has 0 radical (unpaired) electrons. The first kappa shape index (κ1) is 19.9. The largest absolute Gasteiger partial charge is 0.412 e. The zero-order chi connectivity index (χ0) is 8.32. The van der Waals surface area contributed by atoms with Gasteiger partial charge in [-0.3, -0.25) is 4.90 Å². The van der Waals surface area contributed by atoms with Crippen LogP contribution in [-0.2, 0) is 0 Å². The van der Waals surface area contributed by atoms with Crippen molar-refractivity contribution >= 4 is 24.8 Å². The van der Waals surface area contributed by atoms with Gasteiger partial charge in [0, 0.05) is 12.1 Å². The molecule has 3 nitrogen and oxygen atoms in total. The highest BCUT2D eigenvalue weighted by atomic mass is 35.5. The van der Waals surface area contributed by atoms with Gasteiger partial charge in [0.1, 0.15) is 0 Å². The fourth-order valence-corrected chi connectivity index (χ4v) is 2.11. The highest BCUT2D eigenvalue weighted by Gasteiger charge is 2.35. The molecule has 0 amide bonds. The van der Waals surface area contributed by atoms with Gasteiger partial charge in [-0.05, 0) is 26.4 Å². The predicted molar refractivity (Wildman–Crippen MR) is 66.7 cm³/mol. The monoisotopic (exact) mass is 246 g/mol. The van der Waals surface area contributed by atoms with Crippen molar-refractivity contribution in [2.75, 3.05) is 20.1 Å². The van der Waals surface area contributed by atoms with Gasteiger partial charge in [0.15, 0.2) is 0 Å². The first-order valence-corrected chi connectivity index (χ1v) is 4.66. The molecule has 0 unspecified atom stereocenters. The smallest absolute Gasteiger partial charge is 0.0328 e. The number of hydrogen-bond donors (Lipinski definition) is 1. The van der Waals surface area contributed by atoms with Crippen LogP contribution in [0.3, 0.4) is 0 Å². The lowest BCUT2D eigenvalue weighted by atomic mass is 9.96. The van der Waals surface area contributed by atoms with Crippen LogP contribution in [0.4, 0.5) is 0 Å². The maximum Gasteiger partial charge on any atom is 0.0328 e. The molecular formula is C9H24Cl2N2O. The summed E-state index contributed by atoms with van der Waals surface area (Å²) in [6, 6.07) is 0. The molecule has 90 valence electrons. The van der Waals surface area contributed by atoms with Crippen molar-refractivity contribution in [2.24, 2.45) is 5.73 Å². The lowest BCUT2D eigenvalue weighted by Gasteiger charge is -2.37. The Balaban J connectivity index is -0.000000403. The SMILES string of the molecule is CCN(C)C1(CN)CCCC1.Cl.Cl.O. The molecule has 14 heavy (non-hydrogen) atoms. The number of likely N-dealkylation sites (N-methyl/N-ethyl adjacent to an activating group) is 1. The van der Waals surface area contributed by atoms with Gasteiger partial charge in [0.25, 0.3) is 0 Å². The zero-order valence-electron chi connectivity index (χ0n) is 9.08. The molecule has 0 bridgehead atoms. The van der Waals surface area contributed by atoms with Crippen molar-refractivity contribution in [2.45, 2.75) is 38.1 Å². The van der Waals surface area contributed by atoms with Crippen LogP contribution >= 0.6 is 24.8 Å². The van der Waals surface area contributed by atoms with Gasteiger partial charge in [0.2, 0.25) is 0 Å². The molecule has 1 saturated carbocycles. The topological polar surface area (TPSA) is 60.8 Å². The van der Waals surface area contributed by atoms with E-state index in [1.807, 2.05) is 0 Å². The third-order valence-electron chi connectivity index (χ3n) is 3.20. The summed E-state index contributed by atoms with van der Waals surface area (Å²) in [6.07, 6.45) is 5.32. The molecule has 0 atom stereocenters. The van der Waals surface area contributed by atoms with Crippen LogP contribution < -0.4 is 5.73 Å². The van der Waals surface area contributed by atoms with Crippen molar-refractivity contribution in [1.29, 1.82) is 0 Å². The van der Waals surface area contributed by atoms with Crippen molar-refractivity contribution in [3.8, 4) is 0 Å². The zero-order valence-corrected chi connectivity index (χ0v) is 10.7. The van der Waals surface area contributed by atoms with E-state index in [9.17, 15) is 0 Å². The Morgan fingerprint density at radius 1 is 1.21 bits per heavy atom. The summed E-state index contributed by atoms with van der Waals surface area (Å²) in [5, 5.41) is 0. The van der Waals surface area contributed by atoms with Crippen molar-refractivity contribution < 1.29 is 5.48 Å². The lowest BCUT2D eigenvalue weighted by molar-refractivity contribution is 0.139. The Morgan fingerprint density at radius 2 is 1.64 bits per heavy atom. The van der Waals surface area contributed by atoms with E-state index in [0.717, 1.165) is 13.1 Å². The third-order valence-corrected chi connectivity index (χ3v) is 3.20. The van der Waals surface area contributed by atoms with Gasteiger partial charge < -0.3 is 11.2 Å². The molecule has 4 N–H and O–H groups in total. The van der Waals surface area contributed by atoms with Crippen molar-refractivity contribution in [1.82, 2.24) is 4.90 Å². The Labute approximate surface area is 99.5 Å². The predicted octanol–water partition coefficient (Wildman–Crippen LogP) is 1.23. The van der Waals surface area contributed by atoms with Crippen LogP contribution in [0, 0.1) is 0 Å². The van der Waals surface area contributed by atoms with Crippen LogP contribution in [0.5, 0.6) is 0 Å². The van der Waals surface area contributed by atoms with Crippen molar-refractivity contribution in [3.63, 3.8) is 0 Å². The van der Waals surface area contributed by atoms with E-state index in [1.54, 1.807) is 0 Å². The second-order valence-corrected chi connectivity index (χ2v) is 3.65. The van der Waals surface area contributed by atoms with Gasteiger partial charge >= 0.3 is 0 Å². The molecule has 0 aromatic heterocycles. The van der Waals surface area contributed by atoms with E-state index in [2.05, 4.69) is 18.9 Å². The Kier molecular flexibility index (Phi) is 12.5. The Hall–Kier alpha value is 0.460. The normalized spacial score (nSPS) is 18.0. The summed E-state index contributed by atoms with van der Waals surface area (Å²) >= 11 is 0. The molecule has 0 aliphatic heterocycles. The van der Waals surface area contributed by atoms with Crippen LogP contribution in [-0.4, -0.2) is 36.1 Å². The van der Waals surface area contributed by atoms with Crippen molar-refractivity contribution in [3.05, 3.63) is 0 Å². The molecule has 0 heterocycles. The molecule has 1 rings (SSSR count). The first-order chi connectivity index (χ1) is 5.25. The van der Waals surface area contributed by atoms with Gasteiger partial charge in [-0.2, -0.15) is 0 Å². The van der Waals surface area contributed by atoms with E-state index < -0.39 is 0 Å².